The molecule has 0 spiro atoms. The maximum Gasteiger partial charge on any atom is 0.105 e. The second-order valence-corrected chi connectivity index (χ2v) is 5.30. The molecule has 1 aliphatic heterocycles. The highest BCUT2D eigenvalue weighted by atomic mass is 79.9. The minimum Gasteiger partial charge on any atom is -0.384 e. The monoisotopic (exact) mass is 304 g/mol. The zero-order valence-corrected chi connectivity index (χ0v) is 11.4. The molecule has 1 atom stereocenters. The molecule has 18 heavy (non-hydrogen) atoms. The maximum atomic E-state index is 10.4. The van der Waals surface area contributed by atoms with E-state index >= 15 is 0 Å². The Morgan fingerprint density at radius 1 is 1.06 bits per heavy atom. The Kier molecular flexibility index (Phi) is 3.20. The van der Waals surface area contributed by atoms with Gasteiger partial charge in [0.05, 0.1) is 13.2 Å². The van der Waals surface area contributed by atoms with E-state index < -0.39 is 6.10 Å². The molecular formula is C15H13BrO2. The Hall–Kier alpha value is -1.16. The van der Waals surface area contributed by atoms with E-state index in [4.69, 9.17) is 4.74 Å². The first kappa shape index (κ1) is 11.9. The van der Waals surface area contributed by atoms with Crippen molar-refractivity contribution >= 4 is 15.9 Å². The number of ether oxygens (including phenoxy) is 1. The summed E-state index contributed by atoms with van der Waals surface area (Å²) in [6.07, 6.45) is -0.605. The van der Waals surface area contributed by atoms with Crippen molar-refractivity contribution < 1.29 is 9.84 Å². The number of hydrogen-bond donors (Lipinski definition) is 1. The van der Waals surface area contributed by atoms with Gasteiger partial charge in [0, 0.05) is 4.47 Å². The van der Waals surface area contributed by atoms with Crippen LogP contribution >= 0.6 is 15.9 Å². The van der Waals surface area contributed by atoms with Gasteiger partial charge in [0.15, 0.2) is 0 Å². The number of aliphatic hydroxyl groups excluding tert-OH is 1. The molecule has 0 aliphatic carbocycles. The summed E-state index contributed by atoms with van der Waals surface area (Å²) < 4.78 is 6.31. The van der Waals surface area contributed by atoms with Crippen LogP contribution in [0.3, 0.4) is 0 Å². The van der Waals surface area contributed by atoms with Gasteiger partial charge in [-0.1, -0.05) is 52.3 Å². The highest BCUT2D eigenvalue weighted by molar-refractivity contribution is 9.10. The minimum atomic E-state index is -0.605. The van der Waals surface area contributed by atoms with Gasteiger partial charge in [0.1, 0.15) is 6.10 Å². The van der Waals surface area contributed by atoms with Gasteiger partial charge in [0.25, 0.3) is 0 Å². The fourth-order valence-corrected chi connectivity index (χ4v) is 2.74. The lowest BCUT2D eigenvalue weighted by Gasteiger charge is -2.14. The summed E-state index contributed by atoms with van der Waals surface area (Å²) >= 11 is 3.47. The van der Waals surface area contributed by atoms with Gasteiger partial charge in [-0.2, -0.15) is 0 Å². The molecule has 0 radical (unpaired) electrons. The first-order valence-corrected chi connectivity index (χ1v) is 6.67. The number of benzene rings is 2. The molecule has 0 aromatic heterocycles. The van der Waals surface area contributed by atoms with Gasteiger partial charge >= 0.3 is 0 Å². The van der Waals surface area contributed by atoms with Gasteiger partial charge < -0.3 is 9.84 Å². The predicted molar refractivity (Wildman–Crippen MR) is 73.1 cm³/mol. The molecule has 0 saturated heterocycles. The SMILES string of the molecule is OC(c1ccc2c(c1)COC2)c1ccccc1Br. The summed E-state index contributed by atoms with van der Waals surface area (Å²) in [5.74, 6) is 0. The molecule has 1 N–H and O–H groups in total. The highest BCUT2D eigenvalue weighted by Crippen LogP contribution is 2.30. The van der Waals surface area contributed by atoms with Crippen molar-refractivity contribution in [2.24, 2.45) is 0 Å². The molecule has 2 nitrogen and oxygen atoms in total. The van der Waals surface area contributed by atoms with Crippen molar-refractivity contribution in [3.8, 4) is 0 Å². The molecule has 1 aliphatic rings. The number of hydrogen-bond acceptors (Lipinski definition) is 2. The summed E-state index contributed by atoms with van der Waals surface area (Å²) in [6.45, 7) is 1.33. The van der Waals surface area contributed by atoms with Gasteiger partial charge in [0.2, 0.25) is 0 Å². The first-order chi connectivity index (χ1) is 8.75. The van der Waals surface area contributed by atoms with Gasteiger partial charge in [-0.3, -0.25) is 0 Å². The van der Waals surface area contributed by atoms with Crippen LogP contribution in [0.15, 0.2) is 46.9 Å². The van der Waals surface area contributed by atoms with Crippen LogP contribution in [-0.2, 0) is 18.0 Å². The van der Waals surface area contributed by atoms with Crippen LogP contribution in [0.2, 0.25) is 0 Å². The third-order valence-electron chi connectivity index (χ3n) is 3.26. The van der Waals surface area contributed by atoms with Crippen LogP contribution in [-0.4, -0.2) is 5.11 Å². The Balaban J connectivity index is 1.98. The second-order valence-electron chi connectivity index (χ2n) is 4.44. The molecule has 2 aromatic carbocycles. The number of aliphatic hydroxyl groups is 1. The number of fused-ring (bicyclic) bond motifs is 1. The number of halogens is 1. The Labute approximate surface area is 114 Å². The molecule has 2 aromatic rings. The van der Waals surface area contributed by atoms with Crippen LogP contribution in [0.4, 0.5) is 0 Å². The normalized spacial score (nSPS) is 15.4. The van der Waals surface area contributed by atoms with Crippen LogP contribution in [0.25, 0.3) is 0 Å². The lowest BCUT2D eigenvalue weighted by atomic mass is 9.98. The highest BCUT2D eigenvalue weighted by Gasteiger charge is 2.17. The topological polar surface area (TPSA) is 29.5 Å². The van der Waals surface area contributed by atoms with Crippen molar-refractivity contribution in [3.05, 3.63) is 69.2 Å². The van der Waals surface area contributed by atoms with Crippen LogP contribution < -0.4 is 0 Å². The smallest absolute Gasteiger partial charge is 0.105 e. The van der Waals surface area contributed by atoms with Crippen molar-refractivity contribution in [3.63, 3.8) is 0 Å². The molecule has 0 amide bonds. The minimum absolute atomic E-state index is 0.605. The van der Waals surface area contributed by atoms with E-state index in [-0.39, 0.29) is 0 Å². The molecule has 92 valence electrons. The quantitative estimate of drug-likeness (QED) is 0.919. The molecule has 0 saturated carbocycles. The summed E-state index contributed by atoms with van der Waals surface area (Å²) in [5.41, 5.74) is 4.19. The van der Waals surface area contributed by atoms with Crippen molar-refractivity contribution in [1.82, 2.24) is 0 Å². The van der Waals surface area contributed by atoms with Crippen LogP contribution in [0.5, 0.6) is 0 Å². The van der Waals surface area contributed by atoms with E-state index in [0.29, 0.717) is 13.2 Å². The third-order valence-corrected chi connectivity index (χ3v) is 3.98. The van der Waals surface area contributed by atoms with E-state index in [1.54, 1.807) is 0 Å². The third kappa shape index (κ3) is 2.09. The first-order valence-electron chi connectivity index (χ1n) is 5.87. The lowest BCUT2D eigenvalue weighted by Crippen LogP contribution is -2.01. The van der Waals surface area contributed by atoms with Crippen LogP contribution in [0.1, 0.15) is 28.4 Å². The zero-order chi connectivity index (χ0) is 12.5. The standard InChI is InChI=1S/C15H13BrO2/c16-14-4-2-1-3-13(14)15(17)10-5-6-11-8-18-9-12(11)7-10/h1-7,15,17H,8-9H2. The Morgan fingerprint density at radius 3 is 2.67 bits per heavy atom. The molecular weight excluding hydrogens is 292 g/mol. The van der Waals surface area contributed by atoms with E-state index in [1.807, 2.05) is 42.5 Å². The molecule has 0 fully saturated rings. The van der Waals surface area contributed by atoms with E-state index in [0.717, 1.165) is 15.6 Å². The van der Waals surface area contributed by atoms with Crippen LogP contribution in [0, 0.1) is 0 Å². The Bertz CT molecular complexity index is 580. The predicted octanol–water partition coefficient (Wildman–Crippen LogP) is 3.56. The van der Waals surface area contributed by atoms with Gasteiger partial charge in [-0.15, -0.1) is 0 Å². The summed E-state index contributed by atoms with van der Waals surface area (Å²) in [5, 5.41) is 10.4. The molecule has 3 rings (SSSR count). The fourth-order valence-electron chi connectivity index (χ4n) is 2.24. The molecule has 1 unspecified atom stereocenters. The van der Waals surface area contributed by atoms with E-state index in [9.17, 15) is 5.11 Å². The summed E-state index contributed by atoms with van der Waals surface area (Å²) in [6, 6.07) is 13.8. The average molecular weight is 305 g/mol. The fraction of sp³-hybridized carbons (Fsp3) is 0.200. The van der Waals surface area contributed by atoms with E-state index in [2.05, 4.69) is 15.9 Å². The molecule has 0 bridgehead atoms. The zero-order valence-electron chi connectivity index (χ0n) is 9.77. The summed E-state index contributed by atoms with van der Waals surface area (Å²) in [4.78, 5) is 0. The molecule has 3 heteroatoms. The second kappa shape index (κ2) is 4.84. The maximum absolute atomic E-state index is 10.4. The van der Waals surface area contributed by atoms with Crippen molar-refractivity contribution in [1.29, 1.82) is 0 Å². The Morgan fingerprint density at radius 2 is 1.83 bits per heavy atom. The average Bonchev–Trinajstić information content (AvgIpc) is 2.85. The van der Waals surface area contributed by atoms with E-state index in [1.165, 1.54) is 11.1 Å². The number of rotatable bonds is 2. The lowest BCUT2D eigenvalue weighted by molar-refractivity contribution is 0.134. The largest absolute Gasteiger partial charge is 0.384 e. The van der Waals surface area contributed by atoms with Gasteiger partial charge in [-0.05, 0) is 28.3 Å². The van der Waals surface area contributed by atoms with Crippen molar-refractivity contribution in [2.75, 3.05) is 0 Å². The molecule has 1 heterocycles. The van der Waals surface area contributed by atoms with Crippen molar-refractivity contribution in [2.45, 2.75) is 19.3 Å². The summed E-state index contributed by atoms with van der Waals surface area (Å²) in [7, 11) is 0. The van der Waals surface area contributed by atoms with Gasteiger partial charge in [-0.25, -0.2) is 0 Å².